The lowest BCUT2D eigenvalue weighted by atomic mass is 10.1. The van der Waals surface area contributed by atoms with Crippen molar-refractivity contribution in [1.82, 2.24) is 4.98 Å². The molecule has 5 nitrogen and oxygen atoms in total. The Morgan fingerprint density at radius 1 is 0.750 bits per heavy atom. The molecule has 28 heavy (non-hydrogen) atoms. The summed E-state index contributed by atoms with van der Waals surface area (Å²) in [5.74, 6) is -0.638. The molecule has 0 fully saturated rings. The first kappa shape index (κ1) is 19.3. The fourth-order valence-electron chi connectivity index (χ4n) is 2.78. The van der Waals surface area contributed by atoms with Crippen LogP contribution in [0.5, 0.6) is 0 Å². The SMILES string of the molecule is Cc1ccc(C)c(NC(=O)c2cc(C(=O)Nc3ccc(C)c(C)c3)ccn2)c1. The second kappa shape index (κ2) is 8.05. The van der Waals surface area contributed by atoms with Crippen molar-refractivity contribution < 1.29 is 9.59 Å². The van der Waals surface area contributed by atoms with E-state index in [0.717, 1.165) is 27.9 Å². The minimum atomic E-state index is -0.352. The van der Waals surface area contributed by atoms with Gasteiger partial charge in [-0.3, -0.25) is 14.6 Å². The molecule has 0 aliphatic rings. The summed E-state index contributed by atoms with van der Waals surface area (Å²) in [5, 5.41) is 5.72. The van der Waals surface area contributed by atoms with Gasteiger partial charge in [-0.2, -0.15) is 0 Å². The summed E-state index contributed by atoms with van der Waals surface area (Å²) in [4.78, 5) is 29.3. The van der Waals surface area contributed by atoms with Crippen LogP contribution in [0, 0.1) is 27.7 Å². The highest BCUT2D eigenvalue weighted by molar-refractivity contribution is 6.08. The maximum absolute atomic E-state index is 12.6. The van der Waals surface area contributed by atoms with Crippen molar-refractivity contribution in [1.29, 1.82) is 0 Å². The summed E-state index contributed by atoms with van der Waals surface area (Å²) in [5.41, 5.74) is 6.28. The Hall–Kier alpha value is -3.47. The van der Waals surface area contributed by atoms with Gasteiger partial charge in [0.25, 0.3) is 11.8 Å². The van der Waals surface area contributed by atoms with Gasteiger partial charge in [0.15, 0.2) is 0 Å². The summed E-state index contributed by atoms with van der Waals surface area (Å²) in [6, 6.07) is 14.7. The van der Waals surface area contributed by atoms with Gasteiger partial charge in [0, 0.05) is 23.1 Å². The topological polar surface area (TPSA) is 71.1 Å². The van der Waals surface area contributed by atoms with Crippen LogP contribution < -0.4 is 10.6 Å². The zero-order chi connectivity index (χ0) is 20.3. The monoisotopic (exact) mass is 373 g/mol. The highest BCUT2D eigenvalue weighted by atomic mass is 16.2. The predicted molar refractivity (Wildman–Crippen MR) is 112 cm³/mol. The molecule has 142 valence electrons. The number of anilines is 2. The van der Waals surface area contributed by atoms with Crippen molar-refractivity contribution in [3.63, 3.8) is 0 Å². The molecule has 0 aliphatic heterocycles. The van der Waals surface area contributed by atoms with Gasteiger partial charge >= 0.3 is 0 Å². The van der Waals surface area contributed by atoms with Crippen LogP contribution in [0.25, 0.3) is 0 Å². The van der Waals surface area contributed by atoms with Gasteiger partial charge in [0.1, 0.15) is 5.69 Å². The van der Waals surface area contributed by atoms with Gasteiger partial charge in [0.05, 0.1) is 0 Å². The normalized spacial score (nSPS) is 10.4. The number of hydrogen-bond acceptors (Lipinski definition) is 3. The maximum Gasteiger partial charge on any atom is 0.274 e. The molecule has 3 rings (SSSR count). The number of carbonyl (C=O) groups is 2. The highest BCUT2D eigenvalue weighted by Gasteiger charge is 2.13. The number of nitrogens with one attached hydrogen (secondary N) is 2. The van der Waals surface area contributed by atoms with Crippen LogP contribution in [0.2, 0.25) is 0 Å². The Balaban J connectivity index is 1.77. The van der Waals surface area contributed by atoms with Gasteiger partial charge in [-0.15, -0.1) is 0 Å². The largest absolute Gasteiger partial charge is 0.322 e. The van der Waals surface area contributed by atoms with E-state index in [9.17, 15) is 9.59 Å². The van der Waals surface area contributed by atoms with E-state index in [1.54, 1.807) is 6.07 Å². The lowest BCUT2D eigenvalue weighted by Gasteiger charge is -2.10. The molecule has 0 saturated carbocycles. The number of carbonyl (C=O) groups excluding carboxylic acids is 2. The molecule has 0 radical (unpaired) electrons. The van der Waals surface area contributed by atoms with Crippen molar-refractivity contribution in [3.05, 3.63) is 88.2 Å². The molecule has 3 aromatic rings. The predicted octanol–water partition coefficient (Wildman–Crippen LogP) is 4.82. The number of hydrogen-bond donors (Lipinski definition) is 2. The van der Waals surface area contributed by atoms with E-state index in [4.69, 9.17) is 0 Å². The Labute approximate surface area is 164 Å². The number of rotatable bonds is 4. The first-order valence-corrected chi connectivity index (χ1v) is 9.07. The standard InChI is InChI=1S/C23H23N3O2/c1-14-5-6-16(3)20(11-14)26-23(28)21-13-18(9-10-24-21)22(27)25-19-8-7-15(2)17(4)12-19/h5-13H,1-4H3,(H,25,27)(H,26,28). The molecule has 0 spiro atoms. The lowest BCUT2D eigenvalue weighted by Crippen LogP contribution is -2.17. The molecule has 0 bridgehead atoms. The van der Waals surface area contributed by atoms with Gasteiger partial charge in [-0.05, 0) is 80.3 Å². The molecule has 0 aliphatic carbocycles. The van der Waals surface area contributed by atoms with E-state index >= 15 is 0 Å². The van der Waals surface area contributed by atoms with E-state index in [0.29, 0.717) is 11.3 Å². The van der Waals surface area contributed by atoms with Crippen LogP contribution in [0.15, 0.2) is 54.7 Å². The number of aryl methyl sites for hydroxylation is 4. The molecule has 0 unspecified atom stereocenters. The number of amides is 2. The van der Waals surface area contributed by atoms with Crippen LogP contribution >= 0.6 is 0 Å². The molecular weight excluding hydrogens is 350 g/mol. The fraction of sp³-hybridized carbons (Fsp3) is 0.174. The lowest BCUT2D eigenvalue weighted by molar-refractivity contribution is 0.102. The fourth-order valence-corrected chi connectivity index (χ4v) is 2.78. The van der Waals surface area contributed by atoms with Gasteiger partial charge in [-0.25, -0.2) is 0 Å². The second-order valence-corrected chi connectivity index (χ2v) is 6.96. The Morgan fingerprint density at radius 3 is 2.25 bits per heavy atom. The number of nitrogens with zero attached hydrogens (tertiary/aromatic N) is 1. The van der Waals surface area contributed by atoms with Crippen LogP contribution in [0.4, 0.5) is 11.4 Å². The van der Waals surface area contributed by atoms with E-state index in [1.807, 2.05) is 64.1 Å². The quantitative estimate of drug-likeness (QED) is 0.689. The zero-order valence-electron chi connectivity index (χ0n) is 16.5. The van der Waals surface area contributed by atoms with Gasteiger partial charge in [0.2, 0.25) is 0 Å². The maximum atomic E-state index is 12.6. The van der Waals surface area contributed by atoms with Crippen molar-refractivity contribution >= 4 is 23.2 Å². The van der Waals surface area contributed by atoms with Gasteiger partial charge in [-0.1, -0.05) is 18.2 Å². The summed E-state index contributed by atoms with van der Waals surface area (Å²) >= 11 is 0. The average molecular weight is 373 g/mol. The first-order valence-electron chi connectivity index (χ1n) is 9.07. The third-order valence-electron chi connectivity index (χ3n) is 4.66. The average Bonchev–Trinajstić information content (AvgIpc) is 2.67. The van der Waals surface area contributed by atoms with E-state index in [2.05, 4.69) is 15.6 Å². The number of pyridine rings is 1. The Morgan fingerprint density at radius 2 is 1.50 bits per heavy atom. The molecule has 2 amide bonds. The van der Waals surface area contributed by atoms with E-state index in [-0.39, 0.29) is 17.5 Å². The molecule has 5 heteroatoms. The molecule has 0 atom stereocenters. The smallest absolute Gasteiger partial charge is 0.274 e. The Kier molecular flexibility index (Phi) is 5.54. The van der Waals surface area contributed by atoms with E-state index in [1.165, 1.54) is 12.3 Å². The van der Waals surface area contributed by atoms with Crippen molar-refractivity contribution in [2.45, 2.75) is 27.7 Å². The Bertz CT molecular complexity index is 1060. The third kappa shape index (κ3) is 4.43. The minimum Gasteiger partial charge on any atom is -0.322 e. The van der Waals surface area contributed by atoms with Crippen molar-refractivity contribution in [2.24, 2.45) is 0 Å². The molecular formula is C23H23N3O2. The van der Waals surface area contributed by atoms with Crippen LogP contribution in [-0.2, 0) is 0 Å². The van der Waals surface area contributed by atoms with Crippen molar-refractivity contribution in [3.8, 4) is 0 Å². The zero-order valence-corrected chi connectivity index (χ0v) is 16.5. The van der Waals surface area contributed by atoms with Crippen LogP contribution in [0.3, 0.4) is 0 Å². The van der Waals surface area contributed by atoms with Gasteiger partial charge < -0.3 is 10.6 Å². The molecule has 2 aromatic carbocycles. The summed E-state index contributed by atoms with van der Waals surface area (Å²) in [6.45, 7) is 7.90. The molecule has 0 saturated heterocycles. The van der Waals surface area contributed by atoms with E-state index < -0.39 is 0 Å². The summed E-state index contributed by atoms with van der Waals surface area (Å²) in [7, 11) is 0. The highest BCUT2D eigenvalue weighted by Crippen LogP contribution is 2.18. The van der Waals surface area contributed by atoms with Crippen LogP contribution in [-0.4, -0.2) is 16.8 Å². The number of aromatic nitrogens is 1. The molecule has 2 N–H and O–H groups in total. The molecule has 1 heterocycles. The summed E-state index contributed by atoms with van der Waals surface area (Å²) < 4.78 is 0. The summed E-state index contributed by atoms with van der Waals surface area (Å²) in [6.07, 6.45) is 1.47. The van der Waals surface area contributed by atoms with Crippen molar-refractivity contribution in [2.75, 3.05) is 10.6 Å². The third-order valence-corrected chi connectivity index (χ3v) is 4.66. The first-order chi connectivity index (χ1) is 13.3. The van der Waals surface area contributed by atoms with Crippen LogP contribution in [0.1, 0.15) is 43.1 Å². The number of benzene rings is 2. The molecule has 1 aromatic heterocycles. The second-order valence-electron chi connectivity index (χ2n) is 6.96. The minimum absolute atomic E-state index is 0.189.